The van der Waals surface area contributed by atoms with E-state index in [9.17, 15) is 19.8 Å². The Morgan fingerprint density at radius 2 is 0.770 bits per heavy atom. The fraction of sp³-hybridized carbons (Fsp3) is 0.891. The monoisotopic (exact) mass is 860 g/mol. The summed E-state index contributed by atoms with van der Waals surface area (Å²) >= 11 is 0. The van der Waals surface area contributed by atoms with E-state index in [0.29, 0.717) is 19.4 Å². The summed E-state index contributed by atoms with van der Waals surface area (Å²) < 4.78 is 5.47. The third-order valence-electron chi connectivity index (χ3n) is 12.5. The van der Waals surface area contributed by atoms with E-state index in [-0.39, 0.29) is 18.5 Å². The molecule has 0 fully saturated rings. The van der Waals surface area contributed by atoms with Crippen LogP contribution in [0.15, 0.2) is 24.3 Å². The number of carbonyl (C=O) groups is 2. The Morgan fingerprint density at radius 1 is 0.443 bits per heavy atom. The molecule has 2 unspecified atom stereocenters. The molecule has 0 aliphatic heterocycles. The van der Waals surface area contributed by atoms with Gasteiger partial charge in [-0.1, -0.05) is 244 Å². The SMILES string of the molecule is CCCCCCCC/C=C\CCCCCCCCCC(=O)OCCCCCCCCCCCCCCCC(=O)NC(CO)C(O)/C=C/CCCCCCCCCCCCCC. The highest BCUT2D eigenvalue weighted by Gasteiger charge is 2.18. The molecule has 0 radical (unpaired) electrons. The summed E-state index contributed by atoms with van der Waals surface area (Å²) in [6.45, 7) is 4.87. The number of ether oxygens (including phenoxy) is 1. The van der Waals surface area contributed by atoms with Gasteiger partial charge in [0.1, 0.15) is 0 Å². The summed E-state index contributed by atoms with van der Waals surface area (Å²) in [5.41, 5.74) is 0. The van der Waals surface area contributed by atoms with Gasteiger partial charge >= 0.3 is 5.97 Å². The lowest BCUT2D eigenvalue weighted by Crippen LogP contribution is -2.45. The smallest absolute Gasteiger partial charge is 0.305 e. The second kappa shape index (κ2) is 51.0. The predicted octanol–water partition coefficient (Wildman–Crippen LogP) is 16.3. The van der Waals surface area contributed by atoms with E-state index in [4.69, 9.17) is 4.74 Å². The molecule has 0 spiro atoms. The van der Waals surface area contributed by atoms with Gasteiger partial charge in [-0.05, 0) is 57.8 Å². The van der Waals surface area contributed by atoms with Crippen LogP contribution >= 0.6 is 0 Å². The standard InChI is InChI=1S/C55H105NO5/c1-3-5-7-9-11-13-15-17-19-20-21-25-29-33-37-41-45-49-55(60)61-50-46-42-38-34-30-26-22-24-28-32-36-40-44-48-54(59)56-52(51-57)53(58)47-43-39-35-31-27-23-18-16-14-12-10-8-6-4-2/h17,19,43,47,52-53,57-58H,3-16,18,20-42,44-46,48-51H2,1-2H3,(H,56,59)/b19-17-,47-43+. The van der Waals surface area contributed by atoms with Gasteiger partial charge < -0.3 is 20.3 Å². The van der Waals surface area contributed by atoms with Crippen LogP contribution < -0.4 is 5.32 Å². The number of esters is 1. The first-order chi connectivity index (χ1) is 30.0. The number of allylic oxidation sites excluding steroid dienone is 3. The number of hydrogen-bond acceptors (Lipinski definition) is 5. The molecule has 0 aromatic carbocycles. The van der Waals surface area contributed by atoms with Crippen LogP contribution in [-0.4, -0.2) is 47.4 Å². The topological polar surface area (TPSA) is 95.9 Å². The van der Waals surface area contributed by atoms with E-state index < -0.39 is 12.1 Å². The van der Waals surface area contributed by atoms with Gasteiger partial charge in [0.25, 0.3) is 0 Å². The zero-order valence-electron chi connectivity index (χ0n) is 40.9. The molecule has 6 heteroatoms. The number of hydrogen-bond donors (Lipinski definition) is 3. The van der Waals surface area contributed by atoms with E-state index in [0.717, 1.165) is 57.8 Å². The first kappa shape index (κ1) is 59.3. The first-order valence-corrected chi connectivity index (χ1v) is 27.1. The molecule has 6 nitrogen and oxygen atoms in total. The van der Waals surface area contributed by atoms with Gasteiger partial charge in [-0.3, -0.25) is 9.59 Å². The molecule has 0 rings (SSSR count). The van der Waals surface area contributed by atoms with E-state index >= 15 is 0 Å². The maximum absolute atomic E-state index is 12.4. The molecule has 0 aromatic rings. The molecule has 0 aromatic heterocycles. The van der Waals surface area contributed by atoms with Crippen molar-refractivity contribution in [2.45, 2.75) is 302 Å². The lowest BCUT2D eigenvalue weighted by Gasteiger charge is -2.20. The lowest BCUT2D eigenvalue weighted by atomic mass is 10.0. The molecule has 0 bridgehead atoms. The van der Waals surface area contributed by atoms with Crippen molar-refractivity contribution in [3.05, 3.63) is 24.3 Å². The number of carbonyl (C=O) groups excluding carboxylic acids is 2. The van der Waals surface area contributed by atoms with E-state index in [2.05, 4.69) is 31.3 Å². The maximum atomic E-state index is 12.4. The van der Waals surface area contributed by atoms with Crippen LogP contribution in [0.5, 0.6) is 0 Å². The van der Waals surface area contributed by atoms with Crippen LogP contribution in [0.4, 0.5) is 0 Å². The van der Waals surface area contributed by atoms with Crippen LogP contribution in [0.2, 0.25) is 0 Å². The quantitative estimate of drug-likeness (QED) is 0.0322. The third-order valence-corrected chi connectivity index (χ3v) is 12.5. The summed E-state index contributed by atoms with van der Waals surface area (Å²) in [6, 6.07) is -0.637. The average Bonchev–Trinajstić information content (AvgIpc) is 3.26. The van der Waals surface area contributed by atoms with Crippen molar-refractivity contribution in [2.75, 3.05) is 13.2 Å². The molecule has 0 aliphatic carbocycles. The minimum absolute atomic E-state index is 0.0103. The molecular weight excluding hydrogens is 755 g/mol. The van der Waals surface area contributed by atoms with Gasteiger partial charge in [0, 0.05) is 12.8 Å². The normalized spacial score (nSPS) is 12.8. The van der Waals surface area contributed by atoms with Crippen molar-refractivity contribution < 1.29 is 24.5 Å². The maximum Gasteiger partial charge on any atom is 0.305 e. The Morgan fingerprint density at radius 3 is 1.16 bits per heavy atom. The molecule has 0 heterocycles. The summed E-state index contributed by atoms with van der Waals surface area (Å²) in [6.07, 6.45) is 60.3. The minimum atomic E-state index is -0.852. The van der Waals surface area contributed by atoms with Crippen LogP contribution in [0, 0.1) is 0 Å². The first-order valence-electron chi connectivity index (χ1n) is 27.1. The number of aliphatic hydroxyl groups excluding tert-OH is 2. The molecule has 0 saturated carbocycles. The zero-order valence-corrected chi connectivity index (χ0v) is 40.9. The van der Waals surface area contributed by atoms with Crippen molar-refractivity contribution in [1.29, 1.82) is 0 Å². The second-order valence-electron chi connectivity index (χ2n) is 18.6. The van der Waals surface area contributed by atoms with Crippen molar-refractivity contribution in [1.82, 2.24) is 5.32 Å². The van der Waals surface area contributed by atoms with E-state index in [1.807, 2.05) is 6.08 Å². The number of amides is 1. The molecule has 3 N–H and O–H groups in total. The Balaban J connectivity index is 3.46. The van der Waals surface area contributed by atoms with Crippen LogP contribution in [-0.2, 0) is 14.3 Å². The molecular formula is C55H105NO5. The van der Waals surface area contributed by atoms with Gasteiger partial charge in [0.2, 0.25) is 5.91 Å². The van der Waals surface area contributed by atoms with Crippen molar-refractivity contribution in [3.63, 3.8) is 0 Å². The van der Waals surface area contributed by atoms with Gasteiger partial charge in [0.15, 0.2) is 0 Å². The molecule has 61 heavy (non-hydrogen) atoms. The van der Waals surface area contributed by atoms with Gasteiger partial charge in [-0.25, -0.2) is 0 Å². The number of rotatable bonds is 50. The Bertz CT molecular complexity index is 951. The van der Waals surface area contributed by atoms with Crippen LogP contribution in [0.3, 0.4) is 0 Å². The molecule has 0 saturated heterocycles. The largest absolute Gasteiger partial charge is 0.466 e. The summed E-state index contributed by atoms with van der Waals surface area (Å²) in [7, 11) is 0. The van der Waals surface area contributed by atoms with Gasteiger partial charge in [0.05, 0.1) is 25.4 Å². The third kappa shape index (κ3) is 47.7. The van der Waals surface area contributed by atoms with Crippen LogP contribution in [0.1, 0.15) is 290 Å². The summed E-state index contributed by atoms with van der Waals surface area (Å²) in [5, 5.41) is 23.0. The molecule has 0 aliphatic rings. The second-order valence-corrected chi connectivity index (χ2v) is 18.6. The van der Waals surface area contributed by atoms with Crippen molar-refractivity contribution in [2.24, 2.45) is 0 Å². The van der Waals surface area contributed by atoms with Crippen molar-refractivity contribution >= 4 is 11.9 Å². The molecule has 2 atom stereocenters. The number of unbranched alkanes of at least 4 members (excludes halogenated alkanes) is 37. The highest BCUT2D eigenvalue weighted by Crippen LogP contribution is 2.16. The highest BCUT2D eigenvalue weighted by molar-refractivity contribution is 5.76. The predicted molar refractivity (Wildman–Crippen MR) is 264 cm³/mol. The Labute approximate surface area is 380 Å². The molecule has 1 amide bonds. The molecule has 360 valence electrons. The zero-order chi connectivity index (χ0) is 44.4. The van der Waals surface area contributed by atoms with Gasteiger partial charge in [-0.15, -0.1) is 0 Å². The number of aliphatic hydroxyl groups is 2. The summed E-state index contributed by atoms with van der Waals surface area (Å²) in [4.78, 5) is 24.5. The fourth-order valence-corrected chi connectivity index (χ4v) is 8.27. The summed E-state index contributed by atoms with van der Waals surface area (Å²) in [5.74, 6) is -0.0908. The van der Waals surface area contributed by atoms with E-state index in [1.54, 1.807) is 6.08 Å². The lowest BCUT2D eigenvalue weighted by molar-refractivity contribution is -0.143. The minimum Gasteiger partial charge on any atom is -0.466 e. The fourth-order valence-electron chi connectivity index (χ4n) is 8.27. The average molecular weight is 860 g/mol. The Kier molecular flexibility index (Phi) is 49.6. The van der Waals surface area contributed by atoms with Gasteiger partial charge in [-0.2, -0.15) is 0 Å². The number of nitrogens with one attached hydrogen (secondary N) is 1. The van der Waals surface area contributed by atoms with E-state index in [1.165, 1.54) is 205 Å². The van der Waals surface area contributed by atoms with Crippen molar-refractivity contribution in [3.8, 4) is 0 Å². The van der Waals surface area contributed by atoms with Crippen LogP contribution in [0.25, 0.3) is 0 Å². The Hall–Kier alpha value is -1.66. The highest BCUT2D eigenvalue weighted by atomic mass is 16.5.